The Hall–Kier alpha value is -1.45. The molecule has 0 atom stereocenters. The zero-order chi connectivity index (χ0) is 8.72. The smallest absolute Gasteiger partial charge is 0.407 e. The van der Waals surface area contributed by atoms with Crippen LogP contribution in [0.5, 0.6) is 0 Å². The highest BCUT2D eigenvalue weighted by Gasteiger charge is 2.18. The summed E-state index contributed by atoms with van der Waals surface area (Å²) in [5.41, 5.74) is 1.80. The molecule has 0 amide bonds. The molecule has 12 heavy (non-hydrogen) atoms. The number of nitrogens with two attached hydrogens (primary N) is 1. The van der Waals surface area contributed by atoms with Crippen molar-refractivity contribution in [3.05, 3.63) is 28.1 Å². The van der Waals surface area contributed by atoms with Gasteiger partial charge in [0.05, 0.1) is 5.69 Å². The summed E-state index contributed by atoms with van der Waals surface area (Å²) >= 11 is 0. The van der Waals surface area contributed by atoms with Crippen LogP contribution in [-0.4, -0.2) is 4.68 Å². The van der Waals surface area contributed by atoms with Crippen LogP contribution >= 0.6 is 0 Å². The molecule has 2 N–H and O–H groups in total. The van der Waals surface area contributed by atoms with Crippen molar-refractivity contribution in [1.82, 2.24) is 4.68 Å². The van der Waals surface area contributed by atoms with Crippen LogP contribution in [-0.2, 0) is 6.42 Å². The highest BCUT2D eigenvalue weighted by atomic mass is 16.4. The third-order valence-corrected chi connectivity index (χ3v) is 2.13. The van der Waals surface area contributed by atoms with Crippen molar-refractivity contribution in [2.45, 2.75) is 19.8 Å². The molecule has 0 aromatic carbocycles. The van der Waals surface area contributed by atoms with Crippen LogP contribution in [0, 0.1) is 0 Å². The van der Waals surface area contributed by atoms with Gasteiger partial charge in [-0.3, -0.25) is 0 Å². The maximum absolute atomic E-state index is 11.0. The molecular weight excluding hydrogens is 156 g/mol. The third kappa shape index (κ3) is 0.809. The van der Waals surface area contributed by atoms with Crippen molar-refractivity contribution >= 4 is 5.57 Å². The number of oxazole rings is 1. The van der Waals surface area contributed by atoms with Crippen molar-refractivity contribution in [3.8, 4) is 0 Å². The third-order valence-electron chi connectivity index (χ3n) is 2.13. The zero-order valence-electron chi connectivity index (χ0n) is 6.83. The molecule has 1 aliphatic rings. The minimum Gasteiger partial charge on any atom is -0.407 e. The first kappa shape index (κ1) is 7.21. The average molecular weight is 166 g/mol. The summed E-state index contributed by atoms with van der Waals surface area (Å²) in [6.45, 7) is 1.92. The van der Waals surface area contributed by atoms with E-state index in [1.165, 1.54) is 0 Å². The fourth-order valence-corrected chi connectivity index (χ4v) is 1.48. The van der Waals surface area contributed by atoms with Crippen molar-refractivity contribution in [2.75, 3.05) is 5.84 Å². The van der Waals surface area contributed by atoms with E-state index in [4.69, 9.17) is 10.3 Å². The Morgan fingerprint density at radius 1 is 1.67 bits per heavy atom. The SMILES string of the molecule is CC1=CCCc2c1oc(=O)n2N. The number of aromatic nitrogens is 1. The molecule has 0 saturated heterocycles. The van der Waals surface area contributed by atoms with Crippen LogP contribution < -0.4 is 11.6 Å². The summed E-state index contributed by atoms with van der Waals surface area (Å²) in [5, 5.41) is 0. The van der Waals surface area contributed by atoms with E-state index in [-0.39, 0.29) is 0 Å². The fraction of sp³-hybridized carbons (Fsp3) is 0.375. The molecule has 4 nitrogen and oxygen atoms in total. The van der Waals surface area contributed by atoms with Crippen LogP contribution in [0.2, 0.25) is 0 Å². The number of hydrogen-bond donors (Lipinski definition) is 1. The molecule has 4 heteroatoms. The molecule has 1 aliphatic carbocycles. The number of allylic oxidation sites excluding steroid dienone is 2. The van der Waals surface area contributed by atoms with E-state index in [0.29, 0.717) is 5.76 Å². The van der Waals surface area contributed by atoms with E-state index in [9.17, 15) is 4.79 Å². The molecule has 0 saturated carbocycles. The minimum atomic E-state index is -0.477. The lowest BCUT2D eigenvalue weighted by Gasteiger charge is -2.07. The first-order chi connectivity index (χ1) is 5.70. The van der Waals surface area contributed by atoms with Crippen LogP contribution in [0.4, 0.5) is 0 Å². The van der Waals surface area contributed by atoms with Gasteiger partial charge in [0.1, 0.15) is 0 Å². The second-order valence-corrected chi connectivity index (χ2v) is 2.94. The van der Waals surface area contributed by atoms with Crippen molar-refractivity contribution in [1.29, 1.82) is 0 Å². The molecule has 0 bridgehead atoms. The van der Waals surface area contributed by atoms with Gasteiger partial charge in [-0.05, 0) is 25.3 Å². The van der Waals surface area contributed by atoms with E-state index >= 15 is 0 Å². The highest BCUT2D eigenvalue weighted by Crippen LogP contribution is 2.23. The zero-order valence-corrected chi connectivity index (χ0v) is 6.83. The van der Waals surface area contributed by atoms with Crippen molar-refractivity contribution in [3.63, 3.8) is 0 Å². The summed E-state index contributed by atoms with van der Waals surface area (Å²) in [7, 11) is 0. The quantitative estimate of drug-likeness (QED) is 0.571. The van der Waals surface area contributed by atoms with Gasteiger partial charge in [0.15, 0.2) is 5.76 Å². The second-order valence-electron chi connectivity index (χ2n) is 2.94. The van der Waals surface area contributed by atoms with Gasteiger partial charge >= 0.3 is 5.76 Å². The second kappa shape index (κ2) is 2.27. The lowest BCUT2D eigenvalue weighted by atomic mass is 10.0. The molecule has 1 aromatic rings. The lowest BCUT2D eigenvalue weighted by molar-refractivity contribution is 0.489. The Kier molecular flexibility index (Phi) is 1.36. The van der Waals surface area contributed by atoms with Gasteiger partial charge in [-0.15, -0.1) is 0 Å². The Morgan fingerprint density at radius 2 is 2.42 bits per heavy atom. The largest absolute Gasteiger partial charge is 0.438 e. The number of fused-ring (bicyclic) bond motifs is 1. The predicted octanol–water partition coefficient (Wildman–Crippen LogP) is 0.505. The molecule has 0 fully saturated rings. The number of nitrogen functional groups attached to an aromatic ring is 1. The van der Waals surface area contributed by atoms with Gasteiger partial charge in [0, 0.05) is 0 Å². The Bertz CT molecular complexity index is 398. The van der Waals surface area contributed by atoms with Crippen molar-refractivity contribution < 1.29 is 4.42 Å². The fourth-order valence-electron chi connectivity index (χ4n) is 1.48. The van der Waals surface area contributed by atoms with Crippen LogP contribution in [0.25, 0.3) is 5.57 Å². The molecule has 0 aliphatic heterocycles. The van der Waals surface area contributed by atoms with Gasteiger partial charge in [0.2, 0.25) is 0 Å². The minimum absolute atomic E-state index is 0.477. The standard InChI is InChI=1S/C8H10N2O2/c1-5-3-2-4-6-7(5)12-8(11)10(6)9/h3H,2,4,9H2,1H3. The van der Waals surface area contributed by atoms with Gasteiger partial charge in [0.25, 0.3) is 0 Å². The number of rotatable bonds is 0. The first-order valence-electron chi connectivity index (χ1n) is 3.87. The highest BCUT2D eigenvalue weighted by molar-refractivity contribution is 5.62. The predicted molar refractivity (Wildman–Crippen MR) is 45.1 cm³/mol. The monoisotopic (exact) mass is 166 g/mol. The normalized spacial score (nSPS) is 15.6. The Balaban J connectivity index is 2.71. The molecule has 1 heterocycles. The van der Waals surface area contributed by atoms with Gasteiger partial charge in [-0.25, -0.2) is 4.79 Å². The lowest BCUT2D eigenvalue weighted by Crippen LogP contribution is -2.25. The van der Waals surface area contributed by atoms with Gasteiger partial charge < -0.3 is 10.3 Å². The maximum Gasteiger partial charge on any atom is 0.438 e. The number of nitrogens with zero attached hydrogens (tertiary/aromatic N) is 1. The van der Waals surface area contributed by atoms with Gasteiger partial charge in [-0.2, -0.15) is 4.68 Å². The Morgan fingerprint density at radius 3 is 3.08 bits per heavy atom. The summed E-state index contributed by atoms with van der Waals surface area (Å²) < 4.78 is 6.05. The number of hydrogen-bond acceptors (Lipinski definition) is 3. The van der Waals surface area contributed by atoms with Crippen LogP contribution in [0.3, 0.4) is 0 Å². The maximum atomic E-state index is 11.0. The van der Waals surface area contributed by atoms with Crippen LogP contribution in [0.15, 0.2) is 15.3 Å². The van der Waals surface area contributed by atoms with E-state index in [1.54, 1.807) is 0 Å². The summed E-state index contributed by atoms with van der Waals surface area (Å²) in [4.78, 5) is 11.0. The molecule has 1 aromatic heterocycles. The van der Waals surface area contributed by atoms with E-state index < -0.39 is 5.76 Å². The molecule has 0 spiro atoms. The topological polar surface area (TPSA) is 61.2 Å². The van der Waals surface area contributed by atoms with Crippen molar-refractivity contribution in [2.24, 2.45) is 0 Å². The molecule has 0 unspecified atom stereocenters. The molecule has 0 radical (unpaired) electrons. The molecular formula is C8H10N2O2. The Labute approximate surface area is 69.3 Å². The van der Waals surface area contributed by atoms with E-state index in [1.807, 2.05) is 13.0 Å². The average Bonchev–Trinajstić information content (AvgIpc) is 2.32. The van der Waals surface area contributed by atoms with Gasteiger partial charge in [-0.1, -0.05) is 6.08 Å². The molecule has 64 valence electrons. The van der Waals surface area contributed by atoms with E-state index in [2.05, 4.69) is 0 Å². The first-order valence-corrected chi connectivity index (χ1v) is 3.87. The summed E-state index contributed by atoms with van der Waals surface area (Å²) in [6, 6.07) is 0. The summed E-state index contributed by atoms with van der Waals surface area (Å²) in [5.74, 6) is 5.64. The summed E-state index contributed by atoms with van der Waals surface area (Å²) in [6.07, 6.45) is 3.76. The van der Waals surface area contributed by atoms with Crippen LogP contribution in [0.1, 0.15) is 24.8 Å². The van der Waals surface area contributed by atoms with E-state index in [0.717, 1.165) is 28.8 Å². The molecule has 2 rings (SSSR count).